The van der Waals surface area contributed by atoms with Crippen molar-refractivity contribution in [3.63, 3.8) is 0 Å². The lowest BCUT2D eigenvalue weighted by atomic mass is 10.2. The van der Waals surface area contributed by atoms with Gasteiger partial charge in [-0.2, -0.15) is 8.42 Å². The van der Waals surface area contributed by atoms with Crippen LogP contribution in [0.2, 0.25) is 0 Å². The van der Waals surface area contributed by atoms with Gasteiger partial charge < -0.3 is 0 Å². The highest BCUT2D eigenvalue weighted by atomic mass is 32.2. The molecule has 2 rings (SSSR count). The molecule has 56 valence electrons. The Morgan fingerprint density at radius 1 is 1.27 bits per heavy atom. The van der Waals surface area contributed by atoms with Gasteiger partial charge in [0.15, 0.2) is 6.61 Å². The SMILES string of the molecule is O=S1(=O)O[C]c2ccccc21. The van der Waals surface area contributed by atoms with Crippen LogP contribution in [0.25, 0.3) is 0 Å². The molecule has 0 aromatic heterocycles. The van der Waals surface area contributed by atoms with Gasteiger partial charge in [-0.1, -0.05) is 18.2 Å². The highest BCUT2D eigenvalue weighted by molar-refractivity contribution is 7.87. The zero-order chi connectivity index (χ0) is 7.90. The van der Waals surface area contributed by atoms with Gasteiger partial charge in [0, 0.05) is 5.56 Å². The van der Waals surface area contributed by atoms with E-state index in [9.17, 15) is 8.42 Å². The molecule has 0 aliphatic carbocycles. The highest BCUT2D eigenvalue weighted by Crippen LogP contribution is 2.27. The molecule has 0 saturated carbocycles. The van der Waals surface area contributed by atoms with Crippen molar-refractivity contribution >= 4 is 10.1 Å². The monoisotopic (exact) mass is 168 g/mol. The topological polar surface area (TPSA) is 43.4 Å². The molecule has 0 N–H and O–H groups in total. The molecule has 0 saturated heterocycles. The summed E-state index contributed by atoms with van der Waals surface area (Å²) in [5, 5.41) is 0. The Hall–Kier alpha value is -0.870. The fraction of sp³-hybridized carbons (Fsp3) is 0. The van der Waals surface area contributed by atoms with Crippen molar-refractivity contribution in [3.8, 4) is 0 Å². The predicted octanol–water partition coefficient (Wildman–Crippen LogP) is 0.792. The minimum Gasteiger partial charge on any atom is -0.247 e. The van der Waals surface area contributed by atoms with Crippen LogP contribution in [-0.2, 0) is 14.3 Å². The van der Waals surface area contributed by atoms with Crippen molar-refractivity contribution in [1.29, 1.82) is 0 Å². The van der Waals surface area contributed by atoms with Crippen molar-refractivity contribution in [2.24, 2.45) is 0 Å². The van der Waals surface area contributed by atoms with Gasteiger partial charge in [0.25, 0.3) is 10.1 Å². The summed E-state index contributed by atoms with van der Waals surface area (Å²) in [6.45, 7) is 2.30. The van der Waals surface area contributed by atoms with E-state index in [0.717, 1.165) is 0 Å². The standard InChI is InChI=1S/C7H4O3S/c8-11(9)7-4-2-1-3-6(7)5-10-11/h1-4H. The van der Waals surface area contributed by atoms with Crippen molar-refractivity contribution in [2.45, 2.75) is 4.90 Å². The van der Waals surface area contributed by atoms with Gasteiger partial charge in [-0.15, -0.1) is 0 Å². The quantitative estimate of drug-likeness (QED) is 0.538. The third-order valence-corrected chi connectivity index (χ3v) is 2.62. The molecule has 0 atom stereocenters. The van der Waals surface area contributed by atoms with Crippen molar-refractivity contribution in [2.75, 3.05) is 0 Å². The lowest BCUT2D eigenvalue weighted by molar-refractivity contribution is 0.426. The molecule has 11 heavy (non-hydrogen) atoms. The molecule has 2 radical (unpaired) electrons. The zero-order valence-electron chi connectivity index (χ0n) is 5.44. The van der Waals surface area contributed by atoms with Crippen LogP contribution in [-0.4, -0.2) is 8.42 Å². The normalized spacial score (nSPS) is 19.6. The first kappa shape index (κ1) is 6.82. The van der Waals surface area contributed by atoms with Crippen molar-refractivity contribution in [1.82, 2.24) is 0 Å². The maximum absolute atomic E-state index is 11.0. The second-order valence-corrected chi connectivity index (χ2v) is 3.65. The second-order valence-electron chi connectivity index (χ2n) is 2.14. The molecular formula is C7H4O3S. The Bertz CT molecular complexity index is 380. The number of rotatable bonds is 0. The highest BCUT2D eigenvalue weighted by Gasteiger charge is 2.27. The average Bonchev–Trinajstić information content (AvgIpc) is 2.29. The van der Waals surface area contributed by atoms with E-state index in [1.54, 1.807) is 18.2 Å². The first-order valence-electron chi connectivity index (χ1n) is 2.99. The number of benzene rings is 1. The van der Waals surface area contributed by atoms with Crippen LogP contribution in [0.3, 0.4) is 0 Å². The third kappa shape index (κ3) is 0.948. The summed E-state index contributed by atoms with van der Waals surface area (Å²) in [5.74, 6) is 0. The minimum absolute atomic E-state index is 0.194. The predicted molar refractivity (Wildman–Crippen MR) is 37.1 cm³/mol. The van der Waals surface area contributed by atoms with E-state index in [2.05, 4.69) is 10.8 Å². The molecule has 1 aromatic rings. The van der Waals surface area contributed by atoms with E-state index in [-0.39, 0.29) is 4.90 Å². The first-order valence-corrected chi connectivity index (χ1v) is 4.39. The summed E-state index contributed by atoms with van der Waals surface area (Å²) in [5.41, 5.74) is 0.493. The van der Waals surface area contributed by atoms with Crippen molar-refractivity contribution in [3.05, 3.63) is 36.4 Å². The minimum atomic E-state index is -3.52. The Kier molecular flexibility index (Phi) is 1.27. The molecule has 0 bridgehead atoms. The van der Waals surface area contributed by atoms with Crippen molar-refractivity contribution < 1.29 is 12.6 Å². The van der Waals surface area contributed by atoms with E-state index < -0.39 is 10.1 Å². The summed E-state index contributed by atoms with van der Waals surface area (Å²) in [4.78, 5) is 0.194. The van der Waals surface area contributed by atoms with Crippen LogP contribution in [0.1, 0.15) is 5.56 Å². The zero-order valence-corrected chi connectivity index (χ0v) is 6.26. The van der Waals surface area contributed by atoms with Gasteiger partial charge in [0.05, 0.1) is 0 Å². The van der Waals surface area contributed by atoms with E-state index in [1.165, 1.54) is 6.07 Å². The summed E-state index contributed by atoms with van der Waals surface area (Å²) in [7, 11) is -3.52. The molecular weight excluding hydrogens is 164 g/mol. The fourth-order valence-electron chi connectivity index (χ4n) is 0.914. The van der Waals surface area contributed by atoms with Crippen LogP contribution in [0.4, 0.5) is 0 Å². The lowest BCUT2D eigenvalue weighted by Crippen LogP contribution is -1.94. The van der Waals surface area contributed by atoms with E-state index in [0.29, 0.717) is 5.56 Å². The van der Waals surface area contributed by atoms with E-state index in [1.807, 2.05) is 0 Å². The molecule has 3 nitrogen and oxygen atoms in total. The molecule has 1 heterocycles. The van der Waals surface area contributed by atoms with Crippen LogP contribution in [0.15, 0.2) is 29.2 Å². The summed E-state index contributed by atoms with van der Waals surface area (Å²) in [6, 6.07) is 6.51. The average molecular weight is 168 g/mol. The smallest absolute Gasteiger partial charge is 0.247 e. The van der Waals surface area contributed by atoms with Gasteiger partial charge in [-0.3, -0.25) is 0 Å². The first-order chi connectivity index (χ1) is 5.20. The van der Waals surface area contributed by atoms with Crippen LogP contribution in [0, 0.1) is 6.61 Å². The molecule has 0 unspecified atom stereocenters. The molecule has 1 aliphatic heterocycles. The van der Waals surface area contributed by atoms with Crippen LogP contribution in [0.5, 0.6) is 0 Å². The Morgan fingerprint density at radius 3 is 2.73 bits per heavy atom. The number of hydrogen-bond donors (Lipinski definition) is 0. The van der Waals surface area contributed by atoms with E-state index >= 15 is 0 Å². The summed E-state index contributed by atoms with van der Waals surface area (Å²) in [6.07, 6.45) is 0. The molecule has 1 aliphatic rings. The van der Waals surface area contributed by atoms with E-state index in [4.69, 9.17) is 0 Å². The number of fused-ring (bicyclic) bond motifs is 1. The van der Waals surface area contributed by atoms with Gasteiger partial charge in [0.1, 0.15) is 4.90 Å². The Morgan fingerprint density at radius 2 is 2.00 bits per heavy atom. The maximum Gasteiger partial charge on any atom is 0.298 e. The Labute approximate surface area is 64.7 Å². The largest absolute Gasteiger partial charge is 0.298 e. The summed E-state index contributed by atoms with van der Waals surface area (Å²) < 4.78 is 26.3. The maximum atomic E-state index is 11.0. The third-order valence-electron chi connectivity index (χ3n) is 1.42. The molecule has 0 fully saturated rings. The van der Waals surface area contributed by atoms with Gasteiger partial charge >= 0.3 is 0 Å². The van der Waals surface area contributed by atoms with Crippen LogP contribution < -0.4 is 0 Å². The molecule has 0 amide bonds. The van der Waals surface area contributed by atoms with Gasteiger partial charge in [0.2, 0.25) is 0 Å². The molecule has 4 heteroatoms. The molecule has 1 aromatic carbocycles. The fourth-order valence-corrected chi connectivity index (χ4v) is 1.83. The summed E-state index contributed by atoms with van der Waals surface area (Å²) >= 11 is 0. The lowest BCUT2D eigenvalue weighted by Gasteiger charge is -1.91. The number of hydrogen-bond acceptors (Lipinski definition) is 3. The van der Waals surface area contributed by atoms with Gasteiger partial charge in [-0.05, 0) is 6.07 Å². The Balaban J connectivity index is 2.75. The second kappa shape index (κ2) is 2.06. The molecule has 0 spiro atoms. The van der Waals surface area contributed by atoms with Gasteiger partial charge in [-0.25, -0.2) is 4.18 Å². The van der Waals surface area contributed by atoms with Crippen LogP contribution >= 0.6 is 0 Å².